The van der Waals surface area contributed by atoms with Crippen molar-refractivity contribution in [3.8, 4) is 0 Å². The van der Waals surface area contributed by atoms with E-state index in [0.29, 0.717) is 0 Å². The molecule has 0 amide bonds. The average molecular weight is 296 g/mol. The minimum Gasteiger partial charge on any atom is -0.0623 e. The van der Waals surface area contributed by atoms with E-state index in [9.17, 15) is 0 Å². The van der Waals surface area contributed by atoms with Crippen molar-refractivity contribution in [3.05, 3.63) is 69.8 Å². The standard InChI is InChI=1S/C7H7I.C6H6/c1-6-3-2-4-7(8)5-6;1-2-4-6-5-3-1/h2-5H,1H3;1-6H. The van der Waals surface area contributed by atoms with E-state index in [1.54, 1.807) is 0 Å². The van der Waals surface area contributed by atoms with Gasteiger partial charge in [0.25, 0.3) is 0 Å². The van der Waals surface area contributed by atoms with Crippen molar-refractivity contribution in [3.63, 3.8) is 0 Å². The summed E-state index contributed by atoms with van der Waals surface area (Å²) in [7, 11) is 0. The van der Waals surface area contributed by atoms with Crippen LogP contribution in [0.4, 0.5) is 0 Å². The fourth-order valence-electron chi connectivity index (χ4n) is 0.990. The summed E-state index contributed by atoms with van der Waals surface area (Å²) in [6, 6.07) is 20.4. The van der Waals surface area contributed by atoms with Gasteiger partial charge in [0.1, 0.15) is 0 Å². The molecule has 2 rings (SSSR count). The molecule has 14 heavy (non-hydrogen) atoms. The molecule has 0 N–H and O–H groups in total. The lowest BCUT2D eigenvalue weighted by molar-refractivity contribution is 1.45. The van der Waals surface area contributed by atoms with E-state index in [2.05, 4.69) is 53.8 Å². The Morgan fingerprint density at radius 2 is 1.29 bits per heavy atom. The van der Waals surface area contributed by atoms with Crippen molar-refractivity contribution in [1.82, 2.24) is 0 Å². The Balaban J connectivity index is 0.000000146. The number of rotatable bonds is 0. The van der Waals surface area contributed by atoms with Gasteiger partial charge in [-0.15, -0.1) is 0 Å². The minimum absolute atomic E-state index is 1.31. The van der Waals surface area contributed by atoms with E-state index in [0.717, 1.165) is 0 Å². The molecule has 0 saturated carbocycles. The number of aryl methyl sites for hydroxylation is 1. The summed E-state index contributed by atoms with van der Waals surface area (Å²) in [6.45, 7) is 2.10. The Hall–Kier alpha value is -0.830. The van der Waals surface area contributed by atoms with Crippen LogP contribution in [0.5, 0.6) is 0 Å². The number of benzene rings is 2. The summed E-state index contributed by atoms with van der Waals surface area (Å²) in [5.74, 6) is 0. The molecule has 0 spiro atoms. The predicted molar refractivity (Wildman–Crippen MR) is 70.3 cm³/mol. The maximum atomic E-state index is 2.31. The summed E-state index contributed by atoms with van der Waals surface area (Å²) in [6.07, 6.45) is 0. The van der Waals surface area contributed by atoms with E-state index in [-0.39, 0.29) is 0 Å². The topological polar surface area (TPSA) is 0 Å². The molecule has 2 aromatic rings. The van der Waals surface area contributed by atoms with Crippen molar-refractivity contribution in [2.45, 2.75) is 6.92 Å². The van der Waals surface area contributed by atoms with Crippen LogP contribution in [0.2, 0.25) is 0 Å². The molecular weight excluding hydrogens is 283 g/mol. The molecular formula is C13H13I. The van der Waals surface area contributed by atoms with Gasteiger partial charge in [0.2, 0.25) is 0 Å². The molecule has 72 valence electrons. The second kappa shape index (κ2) is 6.60. The van der Waals surface area contributed by atoms with Crippen LogP contribution in [0.3, 0.4) is 0 Å². The van der Waals surface area contributed by atoms with Crippen LogP contribution in [0.15, 0.2) is 60.7 Å². The minimum atomic E-state index is 1.31. The lowest BCUT2D eigenvalue weighted by Gasteiger charge is -1.89. The van der Waals surface area contributed by atoms with E-state index in [1.807, 2.05) is 36.4 Å². The number of hydrogen-bond donors (Lipinski definition) is 0. The molecule has 0 fully saturated rings. The molecule has 0 atom stereocenters. The summed E-state index contributed by atoms with van der Waals surface area (Å²) in [4.78, 5) is 0. The first-order valence-corrected chi connectivity index (χ1v) is 5.59. The van der Waals surface area contributed by atoms with Gasteiger partial charge in [-0.3, -0.25) is 0 Å². The lowest BCUT2D eigenvalue weighted by atomic mass is 10.2. The van der Waals surface area contributed by atoms with Crippen LogP contribution in [-0.2, 0) is 0 Å². The average Bonchev–Trinajstić information content (AvgIpc) is 2.21. The molecule has 0 saturated heterocycles. The third-order valence-electron chi connectivity index (χ3n) is 1.65. The molecule has 0 bridgehead atoms. The Bertz CT molecular complexity index is 311. The van der Waals surface area contributed by atoms with Crippen LogP contribution >= 0.6 is 22.6 Å². The fraction of sp³-hybridized carbons (Fsp3) is 0.0769. The second-order valence-corrected chi connectivity index (χ2v) is 4.20. The van der Waals surface area contributed by atoms with Gasteiger partial charge >= 0.3 is 0 Å². The van der Waals surface area contributed by atoms with Crippen molar-refractivity contribution < 1.29 is 0 Å². The van der Waals surface area contributed by atoms with E-state index < -0.39 is 0 Å². The van der Waals surface area contributed by atoms with Crippen LogP contribution in [-0.4, -0.2) is 0 Å². The van der Waals surface area contributed by atoms with Gasteiger partial charge in [0.05, 0.1) is 0 Å². The summed E-state index contributed by atoms with van der Waals surface area (Å²) >= 11 is 2.31. The Kier molecular flexibility index (Phi) is 5.30. The van der Waals surface area contributed by atoms with Crippen molar-refractivity contribution >= 4 is 22.6 Å². The largest absolute Gasteiger partial charge is 0.0623 e. The van der Waals surface area contributed by atoms with Crippen LogP contribution < -0.4 is 0 Å². The van der Waals surface area contributed by atoms with Gasteiger partial charge in [-0.2, -0.15) is 0 Å². The Labute approximate surface area is 99.1 Å². The molecule has 0 aliphatic rings. The van der Waals surface area contributed by atoms with Crippen molar-refractivity contribution in [2.24, 2.45) is 0 Å². The first kappa shape index (κ1) is 11.2. The predicted octanol–water partition coefficient (Wildman–Crippen LogP) is 4.29. The monoisotopic (exact) mass is 296 g/mol. The van der Waals surface area contributed by atoms with Gasteiger partial charge in [-0.05, 0) is 41.6 Å². The van der Waals surface area contributed by atoms with E-state index >= 15 is 0 Å². The third-order valence-corrected chi connectivity index (χ3v) is 2.32. The Morgan fingerprint density at radius 1 is 0.786 bits per heavy atom. The molecule has 0 aliphatic heterocycles. The second-order valence-electron chi connectivity index (χ2n) is 2.95. The molecule has 2 aromatic carbocycles. The zero-order valence-electron chi connectivity index (χ0n) is 8.15. The smallest absolute Gasteiger partial charge is 0.0132 e. The van der Waals surface area contributed by atoms with Gasteiger partial charge in [-0.1, -0.05) is 54.1 Å². The normalized spacial score (nSPS) is 8.71. The summed E-state index contributed by atoms with van der Waals surface area (Å²) < 4.78 is 1.31. The van der Waals surface area contributed by atoms with Gasteiger partial charge in [0, 0.05) is 3.57 Å². The Morgan fingerprint density at radius 3 is 1.57 bits per heavy atom. The van der Waals surface area contributed by atoms with Gasteiger partial charge in [0.15, 0.2) is 0 Å². The zero-order chi connectivity index (χ0) is 10.2. The zero-order valence-corrected chi connectivity index (χ0v) is 10.3. The van der Waals surface area contributed by atoms with Crippen LogP contribution in [0.25, 0.3) is 0 Å². The highest BCUT2D eigenvalue weighted by Gasteiger charge is 1.82. The lowest BCUT2D eigenvalue weighted by Crippen LogP contribution is -1.70. The quantitative estimate of drug-likeness (QED) is 0.636. The maximum Gasteiger partial charge on any atom is 0.0132 e. The molecule has 0 radical (unpaired) electrons. The van der Waals surface area contributed by atoms with Gasteiger partial charge < -0.3 is 0 Å². The van der Waals surface area contributed by atoms with Crippen LogP contribution in [0, 0.1) is 10.5 Å². The third kappa shape index (κ3) is 5.02. The summed E-state index contributed by atoms with van der Waals surface area (Å²) in [5, 5.41) is 0. The first-order valence-electron chi connectivity index (χ1n) is 4.51. The van der Waals surface area contributed by atoms with Gasteiger partial charge in [-0.25, -0.2) is 0 Å². The molecule has 0 nitrogen and oxygen atoms in total. The molecule has 0 aliphatic carbocycles. The highest BCUT2D eigenvalue weighted by atomic mass is 127. The number of hydrogen-bond acceptors (Lipinski definition) is 0. The number of halogens is 1. The molecule has 1 heteroatoms. The van der Waals surface area contributed by atoms with Crippen molar-refractivity contribution in [2.75, 3.05) is 0 Å². The first-order chi connectivity index (χ1) is 6.79. The molecule has 0 heterocycles. The summed E-state index contributed by atoms with van der Waals surface area (Å²) in [5.41, 5.74) is 1.33. The molecule has 0 aromatic heterocycles. The fourth-order valence-corrected chi connectivity index (χ4v) is 1.69. The van der Waals surface area contributed by atoms with E-state index in [1.165, 1.54) is 9.13 Å². The highest BCUT2D eigenvalue weighted by molar-refractivity contribution is 14.1. The maximum absolute atomic E-state index is 2.31. The van der Waals surface area contributed by atoms with Crippen molar-refractivity contribution in [1.29, 1.82) is 0 Å². The van der Waals surface area contributed by atoms with E-state index in [4.69, 9.17) is 0 Å². The van der Waals surface area contributed by atoms with Crippen LogP contribution in [0.1, 0.15) is 5.56 Å². The highest BCUT2D eigenvalue weighted by Crippen LogP contribution is 2.05. The molecule has 0 unspecified atom stereocenters. The SMILES string of the molecule is Cc1cccc(I)c1.c1ccccc1.